The summed E-state index contributed by atoms with van der Waals surface area (Å²) in [7, 11) is 0. The molecular weight excluding hydrogens is 248 g/mol. The van der Waals surface area contributed by atoms with Crippen molar-refractivity contribution in [3.8, 4) is 0 Å². The highest BCUT2D eigenvalue weighted by Crippen LogP contribution is 2.27. The lowest BCUT2D eigenvalue weighted by atomic mass is 9.89. The fourth-order valence-electron chi connectivity index (χ4n) is 3.02. The molecule has 1 aromatic rings. The lowest BCUT2D eigenvalue weighted by Gasteiger charge is -2.33. The molecule has 0 saturated carbocycles. The molecule has 3 nitrogen and oxygen atoms in total. The molecule has 0 aliphatic carbocycles. The number of carbonyl (C=O) groups is 1. The van der Waals surface area contributed by atoms with Crippen LogP contribution in [0.3, 0.4) is 0 Å². The zero-order chi connectivity index (χ0) is 14.4. The molecule has 0 radical (unpaired) electrons. The van der Waals surface area contributed by atoms with Crippen molar-refractivity contribution >= 4 is 5.91 Å². The normalized spacial score (nSPS) is 17.1. The monoisotopic (exact) mass is 274 g/mol. The van der Waals surface area contributed by atoms with Gasteiger partial charge in [0.1, 0.15) is 0 Å². The van der Waals surface area contributed by atoms with E-state index in [9.17, 15) is 4.79 Å². The lowest BCUT2D eigenvalue weighted by Crippen LogP contribution is -2.43. The fourth-order valence-corrected chi connectivity index (χ4v) is 3.02. The maximum Gasteiger partial charge on any atom is 0.236 e. The minimum Gasteiger partial charge on any atom is -0.342 e. The van der Waals surface area contributed by atoms with E-state index in [0.717, 1.165) is 39.0 Å². The van der Waals surface area contributed by atoms with Gasteiger partial charge in [0.05, 0.1) is 6.54 Å². The van der Waals surface area contributed by atoms with Crippen molar-refractivity contribution in [1.82, 2.24) is 9.80 Å². The third-order valence-electron chi connectivity index (χ3n) is 4.33. The van der Waals surface area contributed by atoms with Gasteiger partial charge < -0.3 is 4.90 Å². The molecule has 1 heterocycles. The molecule has 1 aliphatic heterocycles. The summed E-state index contributed by atoms with van der Waals surface area (Å²) in [4.78, 5) is 16.3. The third-order valence-corrected chi connectivity index (χ3v) is 4.33. The number of benzene rings is 1. The van der Waals surface area contributed by atoms with Crippen LogP contribution in [0.5, 0.6) is 0 Å². The Labute approximate surface area is 122 Å². The maximum absolute atomic E-state index is 12.1. The molecule has 0 atom stereocenters. The molecule has 110 valence electrons. The summed E-state index contributed by atoms with van der Waals surface area (Å²) in [5.74, 6) is 0.934. The zero-order valence-electron chi connectivity index (χ0n) is 12.7. The molecule has 3 heteroatoms. The number of likely N-dealkylation sites (tertiary alicyclic amines) is 1. The van der Waals surface area contributed by atoms with Crippen molar-refractivity contribution in [3.63, 3.8) is 0 Å². The summed E-state index contributed by atoms with van der Waals surface area (Å²) in [6.45, 7) is 8.38. The highest BCUT2D eigenvalue weighted by atomic mass is 16.2. The van der Waals surface area contributed by atoms with Crippen LogP contribution in [0.2, 0.25) is 0 Å². The predicted octanol–water partition coefficient (Wildman–Crippen LogP) is 2.73. The van der Waals surface area contributed by atoms with Gasteiger partial charge in [0.15, 0.2) is 0 Å². The summed E-state index contributed by atoms with van der Waals surface area (Å²) in [6.07, 6.45) is 2.32. The number of hydrogen-bond donors (Lipinski definition) is 0. The average Bonchev–Trinajstić information content (AvgIpc) is 2.50. The van der Waals surface area contributed by atoms with Gasteiger partial charge in [-0.1, -0.05) is 30.3 Å². The van der Waals surface area contributed by atoms with Gasteiger partial charge in [0.2, 0.25) is 5.91 Å². The van der Waals surface area contributed by atoms with Crippen molar-refractivity contribution in [2.75, 3.05) is 32.7 Å². The Balaban J connectivity index is 1.81. The number of nitrogens with zero attached hydrogens (tertiary/aromatic N) is 2. The summed E-state index contributed by atoms with van der Waals surface area (Å²) < 4.78 is 0. The highest BCUT2D eigenvalue weighted by molar-refractivity contribution is 5.78. The van der Waals surface area contributed by atoms with E-state index >= 15 is 0 Å². The van der Waals surface area contributed by atoms with Crippen LogP contribution in [0, 0.1) is 0 Å². The van der Waals surface area contributed by atoms with Gasteiger partial charge in [-0.05, 0) is 51.3 Å². The van der Waals surface area contributed by atoms with Crippen molar-refractivity contribution in [3.05, 3.63) is 35.9 Å². The van der Waals surface area contributed by atoms with Crippen LogP contribution in [0.4, 0.5) is 0 Å². The van der Waals surface area contributed by atoms with Crippen molar-refractivity contribution in [2.24, 2.45) is 0 Å². The molecule has 0 aromatic heterocycles. The summed E-state index contributed by atoms with van der Waals surface area (Å²) in [5, 5.41) is 0. The number of likely N-dealkylation sites (N-methyl/N-ethyl adjacent to an activating group) is 1. The van der Waals surface area contributed by atoms with Crippen LogP contribution in [0.15, 0.2) is 30.3 Å². The topological polar surface area (TPSA) is 23.6 Å². The first-order valence-corrected chi connectivity index (χ1v) is 7.79. The molecule has 1 aromatic carbocycles. The van der Waals surface area contributed by atoms with Crippen LogP contribution in [-0.2, 0) is 4.79 Å². The Kier molecular flexibility index (Phi) is 5.60. The van der Waals surface area contributed by atoms with Crippen LogP contribution in [0.25, 0.3) is 0 Å². The highest BCUT2D eigenvalue weighted by Gasteiger charge is 2.22. The number of carbonyl (C=O) groups excluding carboxylic acids is 1. The largest absolute Gasteiger partial charge is 0.342 e. The van der Waals surface area contributed by atoms with Crippen LogP contribution >= 0.6 is 0 Å². The van der Waals surface area contributed by atoms with E-state index in [1.165, 1.54) is 5.56 Å². The minimum absolute atomic E-state index is 0.271. The van der Waals surface area contributed by atoms with Crippen LogP contribution in [0.1, 0.15) is 38.2 Å². The van der Waals surface area contributed by atoms with Gasteiger partial charge in [-0.3, -0.25) is 9.69 Å². The first-order valence-electron chi connectivity index (χ1n) is 7.79. The predicted molar refractivity (Wildman–Crippen MR) is 82.8 cm³/mol. The second-order valence-corrected chi connectivity index (χ2v) is 5.53. The first-order chi connectivity index (χ1) is 9.74. The van der Waals surface area contributed by atoms with E-state index in [-0.39, 0.29) is 5.91 Å². The second kappa shape index (κ2) is 7.44. The van der Waals surface area contributed by atoms with E-state index in [0.29, 0.717) is 12.5 Å². The number of hydrogen-bond acceptors (Lipinski definition) is 2. The molecule has 1 fully saturated rings. The molecule has 1 saturated heterocycles. The lowest BCUT2D eigenvalue weighted by molar-refractivity contribution is -0.132. The second-order valence-electron chi connectivity index (χ2n) is 5.53. The van der Waals surface area contributed by atoms with Gasteiger partial charge >= 0.3 is 0 Å². The van der Waals surface area contributed by atoms with Gasteiger partial charge in [0.25, 0.3) is 0 Å². The quantitative estimate of drug-likeness (QED) is 0.824. The van der Waals surface area contributed by atoms with E-state index in [1.54, 1.807) is 0 Å². The molecule has 2 rings (SSSR count). The molecule has 0 unspecified atom stereocenters. The van der Waals surface area contributed by atoms with E-state index in [2.05, 4.69) is 35.2 Å². The van der Waals surface area contributed by atoms with Gasteiger partial charge in [0, 0.05) is 13.1 Å². The third kappa shape index (κ3) is 3.83. The first kappa shape index (κ1) is 15.0. The number of rotatable bonds is 5. The van der Waals surface area contributed by atoms with Gasteiger partial charge in [-0.25, -0.2) is 0 Å². The number of piperidine rings is 1. The SMILES string of the molecule is CCN(CC)C(=O)CN1CCC(c2ccccc2)CC1. The van der Waals surface area contributed by atoms with Crippen molar-refractivity contribution in [2.45, 2.75) is 32.6 Å². The van der Waals surface area contributed by atoms with E-state index in [4.69, 9.17) is 0 Å². The standard InChI is InChI=1S/C17H26N2O/c1-3-19(4-2)17(20)14-18-12-10-16(11-13-18)15-8-6-5-7-9-15/h5-9,16H,3-4,10-14H2,1-2H3. The molecule has 0 bridgehead atoms. The smallest absolute Gasteiger partial charge is 0.236 e. The van der Waals surface area contributed by atoms with Crippen LogP contribution in [-0.4, -0.2) is 48.4 Å². The average molecular weight is 274 g/mol. The van der Waals surface area contributed by atoms with E-state index < -0.39 is 0 Å². The Morgan fingerprint density at radius 3 is 2.30 bits per heavy atom. The fraction of sp³-hybridized carbons (Fsp3) is 0.588. The van der Waals surface area contributed by atoms with Gasteiger partial charge in [-0.2, -0.15) is 0 Å². The maximum atomic E-state index is 12.1. The van der Waals surface area contributed by atoms with Gasteiger partial charge in [-0.15, -0.1) is 0 Å². The molecule has 1 amide bonds. The zero-order valence-corrected chi connectivity index (χ0v) is 12.7. The van der Waals surface area contributed by atoms with Crippen molar-refractivity contribution in [1.29, 1.82) is 0 Å². The summed E-state index contributed by atoms with van der Waals surface area (Å²) >= 11 is 0. The molecule has 0 spiro atoms. The Bertz CT molecular complexity index is 406. The van der Waals surface area contributed by atoms with E-state index in [1.807, 2.05) is 18.7 Å². The summed E-state index contributed by atoms with van der Waals surface area (Å²) in [5.41, 5.74) is 1.45. The van der Waals surface area contributed by atoms with Crippen LogP contribution < -0.4 is 0 Å². The summed E-state index contributed by atoms with van der Waals surface area (Å²) in [6, 6.07) is 10.8. The molecular formula is C17H26N2O. The van der Waals surface area contributed by atoms with Crippen molar-refractivity contribution < 1.29 is 4.79 Å². The molecule has 20 heavy (non-hydrogen) atoms. The Hall–Kier alpha value is -1.35. The Morgan fingerprint density at radius 1 is 1.15 bits per heavy atom. The Morgan fingerprint density at radius 2 is 1.75 bits per heavy atom. The number of amides is 1. The minimum atomic E-state index is 0.271. The molecule has 1 aliphatic rings. The molecule has 0 N–H and O–H groups in total.